The number of amides is 1. The van der Waals surface area contributed by atoms with Crippen molar-refractivity contribution in [3.05, 3.63) is 71.2 Å². The summed E-state index contributed by atoms with van der Waals surface area (Å²) in [6, 6.07) is 7.63. The van der Waals surface area contributed by atoms with Crippen molar-refractivity contribution in [1.29, 1.82) is 0 Å². The van der Waals surface area contributed by atoms with Crippen LogP contribution in [0.25, 0.3) is 16.7 Å². The standard InChI is InChI=1S/C25H25F2N7O2/c1-13-8-18(32-25(36)23(35)15-9-16(26)11-17(27)10-15)2-3-19(13)34-22-21(30-12-31-24(22)28)20(33-34)14-4-6-29-7-5-14/h2-3,8-12,14,23,29,35H,4-7H2,1H3,(H,32,36)(H2,28,30,31). The summed E-state index contributed by atoms with van der Waals surface area (Å²) in [6.45, 7) is 3.66. The van der Waals surface area contributed by atoms with E-state index < -0.39 is 23.6 Å². The molecule has 1 aliphatic rings. The number of hydrogen-bond donors (Lipinski definition) is 4. The molecule has 0 saturated carbocycles. The number of aliphatic hydroxyl groups excluding tert-OH is 1. The van der Waals surface area contributed by atoms with Gasteiger partial charge in [0.05, 0.1) is 11.4 Å². The van der Waals surface area contributed by atoms with Gasteiger partial charge >= 0.3 is 0 Å². The maximum absolute atomic E-state index is 13.5. The second-order valence-corrected chi connectivity index (χ2v) is 8.87. The lowest BCUT2D eigenvalue weighted by molar-refractivity contribution is -0.124. The number of aromatic nitrogens is 4. The highest BCUT2D eigenvalue weighted by Gasteiger charge is 2.25. The molecule has 3 heterocycles. The number of rotatable bonds is 5. The van der Waals surface area contributed by atoms with E-state index in [1.54, 1.807) is 22.9 Å². The Hall–Kier alpha value is -3.96. The Morgan fingerprint density at radius 2 is 1.89 bits per heavy atom. The number of nitrogens with two attached hydrogens (primary N) is 1. The van der Waals surface area contributed by atoms with E-state index in [1.165, 1.54) is 6.33 Å². The molecule has 5 N–H and O–H groups in total. The van der Waals surface area contributed by atoms with Gasteiger partial charge in [0.1, 0.15) is 29.0 Å². The number of nitrogen functional groups attached to an aromatic ring is 1. The molecule has 36 heavy (non-hydrogen) atoms. The molecule has 5 rings (SSSR count). The molecule has 0 aliphatic carbocycles. The van der Waals surface area contributed by atoms with Crippen molar-refractivity contribution >= 4 is 28.4 Å². The lowest BCUT2D eigenvalue weighted by atomic mass is 9.94. The van der Waals surface area contributed by atoms with Gasteiger partial charge in [0.25, 0.3) is 5.91 Å². The van der Waals surface area contributed by atoms with Crippen LogP contribution in [0, 0.1) is 18.6 Å². The summed E-state index contributed by atoms with van der Waals surface area (Å²) in [7, 11) is 0. The number of carbonyl (C=O) groups excluding carboxylic acids is 1. The number of benzene rings is 2. The monoisotopic (exact) mass is 493 g/mol. The topological polar surface area (TPSA) is 131 Å². The number of nitrogens with one attached hydrogen (secondary N) is 2. The molecule has 1 fully saturated rings. The van der Waals surface area contributed by atoms with Gasteiger partial charge in [-0.2, -0.15) is 5.10 Å². The number of anilines is 2. The smallest absolute Gasteiger partial charge is 0.257 e. The highest BCUT2D eigenvalue weighted by molar-refractivity contribution is 5.95. The summed E-state index contributed by atoms with van der Waals surface area (Å²) in [5.74, 6) is -2.01. The van der Waals surface area contributed by atoms with Crippen molar-refractivity contribution in [2.24, 2.45) is 0 Å². The number of fused-ring (bicyclic) bond motifs is 1. The van der Waals surface area contributed by atoms with Crippen molar-refractivity contribution < 1.29 is 18.7 Å². The third-order valence-corrected chi connectivity index (χ3v) is 6.38. The van der Waals surface area contributed by atoms with Gasteiger partial charge < -0.3 is 21.5 Å². The van der Waals surface area contributed by atoms with Crippen molar-refractivity contribution in [3.8, 4) is 5.69 Å². The van der Waals surface area contributed by atoms with Gasteiger partial charge in [-0.1, -0.05) is 0 Å². The number of halogens is 2. The van der Waals surface area contributed by atoms with E-state index in [0.29, 0.717) is 23.1 Å². The van der Waals surface area contributed by atoms with Gasteiger partial charge in [-0.25, -0.2) is 23.4 Å². The van der Waals surface area contributed by atoms with Crippen molar-refractivity contribution in [3.63, 3.8) is 0 Å². The average molecular weight is 494 g/mol. The van der Waals surface area contributed by atoms with Crippen LogP contribution in [0.15, 0.2) is 42.7 Å². The summed E-state index contributed by atoms with van der Waals surface area (Å²) < 4.78 is 28.7. The van der Waals surface area contributed by atoms with Crippen LogP contribution in [0.5, 0.6) is 0 Å². The van der Waals surface area contributed by atoms with Crippen LogP contribution in [0.4, 0.5) is 20.3 Å². The molecule has 2 aromatic carbocycles. The fraction of sp³-hybridized carbons (Fsp3) is 0.280. The van der Waals surface area contributed by atoms with E-state index in [-0.39, 0.29) is 11.5 Å². The van der Waals surface area contributed by atoms with Gasteiger partial charge in [-0.15, -0.1) is 0 Å². The molecule has 11 heteroatoms. The Morgan fingerprint density at radius 3 is 2.58 bits per heavy atom. The molecule has 1 saturated heterocycles. The normalized spacial score (nSPS) is 15.2. The molecule has 0 bridgehead atoms. The zero-order valence-corrected chi connectivity index (χ0v) is 19.5. The molecular formula is C25H25F2N7O2. The number of carbonyl (C=O) groups is 1. The van der Waals surface area contributed by atoms with Crippen LogP contribution in [0.3, 0.4) is 0 Å². The zero-order valence-electron chi connectivity index (χ0n) is 19.5. The van der Waals surface area contributed by atoms with Gasteiger partial charge in [0.2, 0.25) is 0 Å². The van der Waals surface area contributed by atoms with E-state index in [0.717, 1.165) is 60.5 Å². The van der Waals surface area contributed by atoms with E-state index in [1.807, 2.05) is 6.92 Å². The first-order valence-corrected chi connectivity index (χ1v) is 11.6. The summed E-state index contributed by atoms with van der Waals surface area (Å²) in [5.41, 5.74) is 10.2. The first-order chi connectivity index (χ1) is 17.3. The van der Waals surface area contributed by atoms with Gasteiger partial charge in [0.15, 0.2) is 11.9 Å². The fourth-order valence-electron chi connectivity index (χ4n) is 4.60. The predicted octanol–water partition coefficient (Wildman–Crippen LogP) is 3.12. The van der Waals surface area contributed by atoms with E-state index in [9.17, 15) is 18.7 Å². The third-order valence-electron chi connectivity index (χ3n) is 6.38. The molecule has 1 atom stereocenters. The van der Waals surface area contributed by atoms with Crippen molar-refractivity contribution in [1.82, 2.24) is 25.1 Å². The largest absolute Gasteiger partial charge is 0.382 e. The number of aliphatic hydroxyl groups is 1. The minimum Gasteiger partial charge on any atom is -0.382 e. The van der Waals surface area contributed by atoms with Gasteiger partial charge in [-0.05, 0) is 74.3 Å². The number of aryl methyl sites for hydroxylation is 1. The quantitative estimate of drug-likeness (QED) is 0.336. The van der Waals surface area contributed by atoms with Crippen molar-refractivity contribution in [2.75, 3.05) is 24.1 Å². The number of hydrogen-bond acceptors (Lipinski definition) is 7. The van der Waals surface area contributed by atoms with Crippen LogP contribution in [-0.2, 0) is 4.79 Å². The Kier molecular flexibility index (Phi) is 6.33. The predicted molar refractivity (Wildman–Crippen MR) is 131 cm³/mol. The zero-order chi connectivity index (χ0) is 25.4. The van der Waals surface area contributed by atoms with E-state index >= 15 is 0 Å². The lowest BCUT2D eigenvalue weighted by Gasteiger charge is -2.20. The lowest BCUT2D eigenvalue weighted by Crippen LogP contribution is -2.27. The maximum Gasteiger partial charge on any atom is 0.257 e. The molecule has 4 aromatic rings. The Bertz CT molecular complexity index is 1430. The van der Waals surface area contributed by atoms with Crippen LogP contribution >= 0.6 is 0 Å². The summed E-state index contributed by atoms with van der Waals surface area (Å²) in [5, 5.41) is 21.1. The number of piperidine rings is 1. The van der Waals surface area contributed by atoms with Crippen LogP contribution in [-0.4, -0.2) is 43.9 Å². The van der Waals surface area contributed by atoms with Crippen molar-refractivity contribution in [2.45, 2.75) is 31.8 Å². The van der Waals surface area contributed by atoms with Gasteiger partial charge in [-0.3, -0.25) is 4.79 Å². The molecule has 0 spiro atoms. The second kappa shape index (κ2) is 9.59. The highest BCUT2D eigenvalue weighted by atomic mass is 19.1. The minimum atomic E-state index is -1.74. The number of nitrogens with zero attached hydrogens (tertiary/aromatic N) is 4. The van der Waals surface area contributed by atoms with E-state index in [2.05, 4.69) is 20.6 Å². The van der Waals surface area contributed by atoms with Gasteiger partial charge in [0, 0.05) is 17.7 Å². The molecule has 9 nitrogen and oxygen atoms in total. The Balaban J connectivity index is 1.45. The first-order valence-electron chi connectivity index (χ1n) is 11.6. The van der Waals surface area contributed by atoms with E-state index in [4.69, 9.17) is 10.8 Å². The van der Waals surface area contributed by atoms with Crippen LogP contribution in [0.1, 0.15) is 41.7 Å². The first kappa shape index (κ1) is 23.8. The Labute approximate surface area is 205 Å². The minimum absolute atomic E-state index is 0.178. The molecular weight excluding hydrogens is 468 g/mol. The summed E-state index contributed by atoms with van der Waals surface area (Å²) in [6.07, 6.45) is 1.58. The molecule has 1 unspecified atom stereocenters. The fourth-order valence-corrected chi connectivity index (χ4v) is 4.60. The summed E-state index contributed by atoms with van der Waals surface area (Å²) in [4.78, 5) is 21.2. The van der Waals surface area contributed by atoms with Crippen LogP contribution in [0.2, 0.25) is 0 Å². The SMILES string of the molecule is Cc1cc(NC(=O)C(O)c2cc(F)cc(F)c2)ccc1-n1nc(C2CCNCC2)c2ncnc(N)c21. The summed E-state index contributed by atoms with van der Waals surface area (Å²) >= 11 is 0. The maximum atomic E-state index is 13.5. The Morgan fingerprint density at radius 1 is 1.17 bits per heavy atom. The highest BCUT2D eigenvalue weighted by Crippen LogP contribution is 2.33. The average Bonchev–Trinajstić information content (AvgIpc) is 3.24. The second-order valence-electron chi connectivity index (χ2n) is 8.87. The molecule has 0 radical (unpaired) electrons. The molecule has 1 aliphatic heterocycles. The molecule has 186 valence electrons. The molecule has 1 amide bonds. The van der Waals surface area contributed by atoms with Crippen LogP contribution < -0.4 is 16.4 Å². The third kappa shape index (κ3) is 4.50. The molecule has 2 aromatic heterocycles.